The highest BCUT2D eigenvalue weighted by atomic mass is 19.2. The lowest BCUT2D eigenvalue weighted by atomic mass is 10.0. The number of ether oxygens (including phenoxy) is 1. The standard InChI is InChI=1S/C26H23F3O2/c1-3-4-15-31-24-14-12-21(16-23(24)27)19-8-5-18(6-9-19)7-10-20-11-13-22(17(2)30)26(29)25(20)28/h3,5-14,16-17,30H,1,4,15H2,2H3/b10-7+. The van der Waals surface area contributed by atoms with Crippen LogP contribution in [0, 0.1) is 17.5 Å². The zero-order valence-corrected chi connectivity index (χ0v) is 17.1. The van der Waals surface area contributed by atoms with E-state index in [2.05, 4.69) is 6.58 Å². The molecule has 0 fully saturated rings. The average molecular weight is 424 g/mol. The molecule has 1 atom stereocenters. The molecular formula is C26H23F3O2. The van der Waals surface area contributed by atoms with Crippen LogP contribution in [0.2, 0.25) is 0 Å². The van der Waals surface area contributed by atoms with E-state index >= 15 is 0 Å². The number of hydrogen-bond acceptors (Lipinski definition) is 2. The molecule has 0 spiro atoms. The summed E-state index contributed by atoms with van der Waals surface area (Å²) in [5.41, 5.74) is 2.29. The summed E-state index contributed by atoms with van der Waals surface area (Å²) in [7, 11) is 0. The van der Waals surface area contributed by atoms with Crippen molar-refractivity contribution >= 4 is 12.2 Å². The topological polar surface area (TPSA) is 29.5 Å². The molecule has 3 aromatic rings. The molecule has 0 radical (unpaired) electrons. The zero-order chi connectivity index (χ0) is 22.4. The highest BCUT2D eigenvalue weighted by molar-refractivity contribution is 5.72. The molecule has 5 heteroatoms. The van der Waals surface area contributed by atoms with Gasteiger partial charge in [0.05, 0.1) is 12.7 Å². The molecule has 3 aromatic carbocycles. The van der Waals surface area contributed by atoms with Gasteiger partial charge in [0.1, 0.15) is 0 Å². The molecule has 0 heterocycles. The zero-order valence-electron chi connectivity index (χ0n) is 17.1. The molecule has 1 N–H and O–H groups in total. The molecule has 1 unspecified atom stereocenters. The van der Waals surface area contributed by atoms with Crippen LogP contribution in [-0.2, 0) is 0 Å². The van der Waals surface area contributed by atoms with E-state index in [0.717, 1.165) is 11.1 Å². The largest absolute Gasteiger partial charge is 0.490 e. The van der Waals surface area contributed by atoms with Crippen LogP contribution < -0.4 is 4.74 Å². The third-order valence-electron chi connectivity index (χ3n) is 4.80. The first-order chi connectivity index (χ1) is 14.9. The van der Waals surface area contributed by atoms with Crippen molar-refractivity contribution in [2.24, 2.45) is 0 Å². The monoisotopic (exact) mass is 424 g/mol. The van der Waals surface area contributed by atoms with E-state index in [-0.39, 0.29) is 16.9 Å². The van der Waals surface area contributed by atoms with Crippen molar-refractivity contribution in [3.8, 4) is 16.9 Å². The fraction of sp³-hybridized carbons (Fsp3) is 0.154. The van der Waals surface area contributed by atoms with Crippen molar-refractivity contribution in [3.05, 3.63) is 101 Å². The number of benzene rings is 3. The highest BCUT2D eigenvalue weighted by Gasteiger charge is 2.15. The fourth-order valence-corrected chi connectivity index (χ4v) is 3.05. The number of hydrogen-bond donors (Lipinski definition) is 1. The Morgan fingerprint density at radius 2 is 1.65 bits per heavy atom. The van der Waals surface area contributed by atoms with Crippen LogP contribution in [0.15, 0.2) is 67.3 Å². The second-order valence-electron chi connectivity index (χ2n) is 7.07. The van der Waals surface area contributed by atoms with E-state index in [1.807, 2.05) is 12.1 Å². The molecule has 0 aromatic heterocycles. The summed E-state index contributed by atoms with van der Waals surface area (Å²) in [4.78, 5) is 0. The minimum atomic E-state index is -1.09. The number of aliphatic hydroxyl groups is 1. The van der Waals surface area contributed by atoms with Crippen molar-refractivity contribution in [2.75, 3.05) is 6.61 Å². The van der Waals surface area contributed by atoms with Gasteiger partial charge in [0.15, 0.2) is 23.2 Å². The second kappa shape index (κ2) is 10.1. The summed E-state index contributed by atoms with van der Waals surface area (Å²) in [6, 6.07) is 14.8. The maximum atomic E-state index is 14.3. The summed E-state index contributed by atoms with van der Waals surface area (Å²) >= 11 is 0. The van der Waals surface area contributed by atoms with Crippen molar-refractivity contribution < 1.29 is 23.0 Å². The molecule has 2 nitrogen and oxygen atoms in total. The normalized spacial score (nSPS) is 12.2. The summed E-state index contributed by atoms with van der Waals surface area (Å²) in [6.45, 7) is 5.35. The van der Waals surface area contributed by atoms with Crippen LogP contribution in [0.1, 0.15) is 36.1 Å². The van der Waals surface area contributed by atoms with Crippen LogP contribution in [-0.4, -0.2) is 11.7 Å². The van der Waals surface area contributed by atoms with E-state index in [9.17, 15) is 18.3 Å². The lowest BCUT2D eigenvalue weighted by Crippen LogP contribution is -2.00. The second-order valence-corrected chi connectivity index (χ2v) is 7.07. The lowest BCUT2D eigenvalue weighted by molar-refractivity contribution is 0.192. The predicted octanol–water partition coefficient (Wildman–Crippen LogP) is 6.95. The fourth-order valence-electron chi connectivity index (χ4n) is 3.05. The van der Waals surface area contributed by atoms with E-state index in [4.69, 9.17) is 4.74 Å². The predicted molar refractivity (Wildman–Crippen MR) is 118 cm³/mol. The Bertz CT molecular complexity index is 1090. The summed E-state index contributed by atoms with van der Waals surface area (Å²) in [5, 5.41) is 9.47. The van der Waals surface area contributed by atoms with Gasteiger partial charge in [-0.1, -0.05) is 60.7 Å². The Kier molecular flexibility index (Phi) is 7.32. The van der Waals surface area contributed by atoms with Gasteiger partial charge in [-0.05, 0) is 42.2 Å². The molecule has 0 saturated carbocycles. The van der Waals surface area contributed by atoms with Gasteiger partial charge in [-0.25, -0.2) is 13.2 Å². The molecule has 160 valence electrons. The minimum Gasteiger partial charge on any atom is -0.490 e. The SMILES string of the molecule is C=CCCOc1ccc(-c2ccc(/C=C/c3ccc(C(C)O)c(F)c3F)cc2)cc1F. The molecule has 0 bridgehead atoms. The van der Waals surface area contributed by atoms with Gasteiger partial charge in [-0.2, -0.15) is 0 Å². The molecule has 0 aliphatic rings. The third-order valence-corrected chi connectivity index (χ3v) is 4.80. The molecule has 31 heavy (non-hydrogen) atoms. The molecule has 0 aliphatic carbocycles. The Labute approximate surface area is 179 Å². The van der Waals surface area contributed by atoms with Crippen molar-refractivity contribution in [1.82, 2.24) is 0 Å². The Hall–Kier alpha value is -3.31. The maximum Gasteiger partial charge on any atom is 0.166 e. The van der Waals surface area contributed by atoms with E-state index in [0.29, 0.717) is 18.6 Å². The van der Waals surface area contributed by atoms with Gasteiger partial charge in [0, 0.05) is 11.1 Å². The quantitative estimate of drug-likeness (QED) is 0.241. The Morgan fingerprint density at radius 1 is 0.935 bits per heavy atom. The van der Waals surface area contributed by atoms with Crippen molar-refractivity contribution in [2.45, 2.75) is 19.4 Å². The van der Waals surface area contributed by atoms with Crippen LogP contribution in [0.25, 0.3) is 23.3 Å². The lowest BCUT2D eigenvalue weighted by Gasteiger charge is -2.09. The van der Waals surface area contributed by atoms with Gasteiger partial charge >= 0.3 is 0 Å². The number of halogens is 3. The third kappa shape index (κ3) is 5.44. The number of aliphatic hydroxyl groups excluding tert-OH is 1. The van der Waals surface area contributed by atoms with Gasteiger partial charge in [0.25, 0.3) is 0 Å². The van der Waals surface area contributed by atoms with Crippen LogP contribution in [0.5, 0.6) is 5.75 Å². The van der Waals surface area contributed by atoms with Gasteiger partial charge in [0.2, 0.25) is 0 Å². The molecule has 0 aliphatic heterocycles. The smallest absolute Gasteiger partial charge is 0.166 e. The Morgan fingerprint density at radius 3 is 2.29 bits per heavy atom. The first-order valence-electron chi connectivity index (χ1n) is 9.88. The molecular weight excluding hydrogens is 401 g/mol. The minimum absolute atomic E-state index is 0.0802. The molecule has 3 rings (SSSR count). The van der Waals surface area contributed by atoms with Gasteiger partial charge in [-0.15, -0.1) is 6.58 Å². The summed E-state index contributed by atoms with van der Waals surface area (Å²) in [6.07, 6.45) is 4.38. The van der Waals surface area contributed by atoms with Crippen LogP contribution in [0.4, 0.5) is 13.2 Å². The van der Waals surface area contributed by atoms with Gasteiger partial charge in [-0.3, -0.25) is 0 Å². The van der Waals surface area contributed by atoms with E-state index < -0.39 is 23.6 Å². The molecule has 0 saturated heterocycles. The Balaban J connectivity index is 1.74. The average Bonchev–Trinajstić information content (AvgIpc) is 2.76. The molecule has 0 amide bonds. The first-order valence-corrected chi connectivity index (χ1v) is 9.88. The van der Waals surface area contributed by atoms with Crippen LogP contribution in [0.3, 0.4) is 0 Å². The van der Waals surface area contributed by atoms with Gasteiger partial charge < -0.3 is 9.84 Å². The number of rotatable bonds is 8. The maximum absolute atomic E-state index is 14.3. The highest BCUT2D eigenvalue weighted by Crippen LogP contribution is 2.27. The van der Waals surface area contributed by atoms with E-state index in [1.165, 1.54) is 31.2 Å². The first kappa shape index (κ1) is 22.4. The summed E-state index contributed by atoms with van der Waals surface area (Å²) in [5.74, 6) is -2.30. The summed E-state index contributed by atoms with van der Waals surface area (Å²) < 4.78 is 47.8. The van der Waals surface area contributed by atoms with Crippen molar-refractivity contribution in [1.29, 1.82) is 0 Å². The van der Waals surface area contributed by atoms with Crippen molar-refractivity contribution in [3.63, 3.8) is 0 Å². The van der Waals surface area contributed by atoms with Crippen LogP contribution >= 0.6 is 0 Å². The van der Waals surface area contributed by atoms with E-state index in [1.54, 1.807) is 36.4 Å².